The van der Waals surface area contributed by atoms with Gasteiger partial charge in [0.1, 0.15) is 6.04 Å². The molecule has 1 unspecified atom stereocenters. The van der Waals surface area contributed by atoms with Crippen molar-refractivity contribution in [1.82, 2.24) is 14.7 Å². The van der Waals surface area contributed by atoms with Crippen molar-refractivity contribution in [3.63, 3.8) is 0 Å². The Hall–Kier alpha value is -1.30. The Morgan fingerprint density at radius 1 is 1.24 bits per heavy atom. The maximum atomic E-state index is 12.6. The maximum absolute atomic E-state index is 12.6. The van der Waals surface area contributed by atoms with E-state index in [-0.39, 0.29) is 6.03 Å². The summed E-state index contributed by atoms with van der Waals surface area (Å²) in [5.41, 5.74) is 0. The van der Waals surface area contributed by atoms with Crippen LogP contribution in [-0.4, -0.2) is 76.6 Å². The summed E-state index contributed by atoms with van der Waals surface area (Å²) in [6, 6.07) is 0.121. The predicted octanol–water partition coefficient (Wildman–Crippen LogP) is 1.46. The lowest BCUT2D eigenvalue weighted by Gasteiger charge is -2.39. The van der Waals surface area contributed by atoms with E-state index < -0.39 is 12.0 Å². The van der Waals surface area contributed by atoms with Crippen LogP contribution < -0.4 is 0 Å². The quantitative estimate of drug-likeness (QED) is 0.806. The van der Waals surface area contributed by atoms with Crippen LogP contribution >= 0.6 is 0 Å². The fraction of sp³-hybridized carbons (Fsp3) is 0.867. The van der Waals surface area contributed by atoms with Crippen LogP contribution in [-0.2, 0) is 4.79 Å². The molecule has 2 aliphatic rings. The van der Waals surface area contributed by atoms with Crippen molar-refractivity contribution in [2.75, 3.05) is 32.7 Å². The molecule has 1 atom stereocenters. The van der Waals surface area contributed by atoms with Crippen molar-refractivity contribution in [2.24, 2.45) is 0 Å². The molecule has 1 aliphatic carbocycles. The molecule has 0 bridgehead atoms. The lowest BCUT2D eigenvalue weighted by molar-refractivity contribution is -0.143. The summed E-state index contributed by atoms with van der Waals surface area (Å²) >= 11 is 0. The molecule has 1 N–H and O–H groups in total. The molecule has 2 fully saturated rings. The zero-order valence-electron chi connectivity index (χ0n) is 13.1. The Morgan fingerprint density at radius 2 is 1.86 bits per heavy atom. The zero-order chi connectivity index (χ0) is 15.4. The number of nitrogens with zero attached hydrogens (tertiary/aromatic N) is 3. The molecule has 1 heterocycles. The van der Waals surface area contributed by atoms with Crippen LogP contribution in [0.15, 0.2) is 0 Å². The summed E-state index contributed by atoms with van der Waals surface area (Å²) in [5.74, 6) is -0.794. The van der Waals surface area contributed by atoms with E-state index in [4.69, 9.17) is 5.11 Å². The number of carboxylic acids is 1. The highest BCUT2D eigenvalue weighted by atomic mass is 16.4. The number of amides is 2. The lowest BCUT2D eigenvalue weighted by Crippen LogP contribution is -2.56. The van der Waals surface area contributed by atoms with E-state index >= 15 is 0 Å². The highest BCUT2D eigenvalue weighted by molar-refractivity contribution is 5.75. The topological polar surface area (TPSA) is 64.1 Å². The van der Waals surface area contributed by atoms with Crippen LogP contribution in [0.1, 0.15) is 39.5 Å². The summed E-state index contributed by atoms with van der Waals surface area (Å²) in [6.45, 7) is 7.25. The third-order valence-electron chi connectivity index (χ3n) is 4.48. The number of carbonyl (C=O) groups excluding carboxylic acids is 1. The summed E-state index contributed by atoms with van der Waals surface area (Å²) in [7, 11) is 0. The minimum absolute atomic E-state index is 0.147. The predicted molar refractivity (Wildman–Crippen MR) is 80.3 cm³/mol. The van der Waals surface area contributed by atoms with Crippen LogP contribution in [0.4, 0.5) is 4.79 Å². The van der Waals surface area contributed by atoms with Crippen molar-refractivity contribution in [3.05, 3.63) is 0 Å². The molecule has 6 nitrogen and oxygen atoms in total. The van der Waals surface area contributed by atoms with Crippen molar-refractivity contribution >= 4 is 12.0 Å². The van der Waals surface area contributed by atoms with Crippen LogP contribution in [0.25, 0.3) is 0 Å². The van der Waals surface area contributed by atoms with Gasteiger partial charge in [0.15, 0.2) is 0 Å². The van der Waals surface area contributed by atoms with Gasteiger partial charge in [0.05, 0.1) is 0 Å². The minimum atomic E-state index is -0.794. The Bertz CT molecular complexity index is 376. The zero-order valence-corrected chi connectivity index (χ0v) is 13.1. The number of piperazine rings is 1. The van der Waals surface area contributed by atoms with Gasteiger partial charge in [-0.05, 0) is 26.2 Å². The summed E-state index contributed by atoms with van der Waals surface area (Å²) < 4.78 is 0. The average Bonchev–Trinajstić information content (AvgIpc) is 3.31. The molecular formula is C15H27N3O3. The van der Waals surface area contributed by atoms with Gasteiger partial charge in [-0.15, -0.1) is 0 Å². The molecule has 0 aromatic heterocycles. The van der Waals surface area contributed by atoms with Crippen LogP contribution in [0, 0.1) is 0 Å². The van der Waals surface area contributed by atoms with Gasteiger partial charge in [-0.2, -0.15) is 0 Å². The van der Waals surface area contributed by atoms with Crippen molar-refractivity contribution in [2.45, 2.75) is 51.6 Å². The van der Waals surface area contributed by atoms with Gasteiger partial charge in [0.2, 0.25) is 0 Å². The maximum Gasteiger partial charge on any atom is 0.320 e. The molecule has 0 aromatic rings. The number of hydrogen-bond acceptors (Lipinski definition) is 3. The molecule has 2 amide bonds. The lowest BCUT2D eigenvalue weighted by atomic mass is 10.2. The average molecular weight is 297 g/mol. The molecule has 0 spiro atoms. The molecule has 21 heavy (non-hydrogen) atoms. The molecule has 120 valence electrons. The van der Waals surface area contributed by atoms with E-state index in [0.29, 0.717) is 32.2 Å². The van der Waals surface area contributed by atoms with E-state index in [1.54, 1.807) is 6.92 Å². The number of urea groups is 1. The second-order valence-electron chi connectivity index (χ2n) is 6.10. The third kappa shape index (κ3) is 4.09. The molecule has 6 heteroatoms. The number of unbranched alkanes of at least 4 members (excludes halogenated alkanes) is 1. The van der Waals surface area contributed by atoms with Crippen molar-refractivity contribution in [1.29, 1.82) is 0 Å². The Labute approximate surface area is 126 Å². The summed E-state index contributed by atoms with van der Waals surface area (Å²) in [5, 5.41) is 9.05. The van der Waals surface area contributed by atoms with E-state index in [2.05, 4.69) is 6.92 Å². The fourth-order valence-corrected chi connectivity index (χ4v) is 2.79. The summed E-state index contributed by atoms with van der Waals surface area (Å²) in [4.78, 5) is 29.5. The SMILES string of the molecule is CCCCN(C(=O)N1CCN(C(C)C(=O)O)CC1)C1CC1. The van der Waals surface area contributed by atoms with Crippen LogP contribution in [0.2, 0.25) is 0 Å². The first-order chi connectivity index (χ1) is 10.0. The van der Waals surface area contributed by atoms with E-state index in [1.807, 2.05) is 14.7 Å². The monoisotopic (exact) mass is 297 g/mol. The fourth-order valence-electron chi connectivity index (χ4n) is 2.79. The highest BCUT2D eigenvalue weighted by Gasteiger charge is 2.36. The van der Waals surface area contributed by atoms with E-state index in [1.165, 1.54) is 0 Å². The van der Waals surface area contributed by atoms with Crippen molar-refractivity contribution in [3.8, 4) is 0 Å². The normalized spacial score (nSPS) is 21.1. The second kappa shape index (κ2) is 7.11. The molecule has 1 saturated carbocycles. The number of carbonyl (C=O) groups is 2. The Balaban J connectivity index is 1.85. The largest absolute Gasteiger partial charge is 0.480 e. The molecular weight excluding hydrogens is 270 g/mol. The highest BCUT2D eigenvalue weighted by Crippen LogP contribution is 2.28. The molecule has 1 aliphatic heterocycles. The molecule has 0 radical (unpaired) electrons. The first-order valence-corrected chi connectivity index (χ1v) is 8.07. The van der Waals surface area contributed by atoms with Crippen LogP contribution in [0.5, 0.6) is 0 Å². The Kier molecular flexibility index (Phi) is 5.45. The van der Waals surface area contributed by atoms with Crippen LogP contribution in [0.3, 0.4) is 0 Å². The third-order valence-corrected chi connectivity index (χ3v) is 4.48. The van der Waals surface area contributed by atoms with E-state index in [9.17, 15) is 9.59 Å². The molecule has 0 aromatic carbocycles. The minimum Gasteiger partial charge on any atom is -0.480 e. The molecule has 2 rings (SSSR count). The number of aliphatic carboxylic acids is 1. The standard InChI is InChI=1S/C15H27N3O3/c1-3-4-7-18(13-5-6-13)15(21)17-10-8-16(9-11-17)12(2)14(19)20/h12-13H,3-11H2,1-2H3,(H,19,20). The second-order valence-corrected chi connectivity index (χ2v) is 6.10. The van der Waals surface area contributed by atoms with Gasteiger partial charge in [-0.25, -0.2) is 4.79 Å². The van der Waals surface area contributed by atoms with Gasteiger partial charge in [0.25, 0.3) is 0 Å². The van der Waals surface area contributed by atoms with Gasteiger partial charge < -0.3 is 14.9 Å². The first-order valence-electron chi connectivity index (χ1n) is 8.07. The molecule has 1 saturated heterocycles. The number of carboxylic acid groups (broad SMARTS) is 1. The summed E-state index contributed by atoms with van der Waals surface area (Å²) in [6.07, 6.45) is 4.41. The Morgan fingerprint density at radius 3 is 2.33 bits per heavy atom. The van der Waals surface area contributed by atoms with Gasteiger partial charge in [-0.3, -0.25) is 9.69 Å². The van der Waals surface area contributed by atoms with Gasteiger partial charge >= 0.3 is 12.0 Å². The smallest absolute Gasteiger partial charge is 0.320 e. The first kappa shape index (κ1) is 16.1. The van der Waals surface area contributed by atoms with E-state index in [0.717, 1.165) is 32.2 Å². The number of hydrogen-bond donors (Lipinski definition) is 1. The van der Waals surface area contributed by atoms with Gasteiger partial charge in [-0.1, -0.05) is 13.3 Å². The number of rotatable bonds is 6. The van der Waals surface area contributed by atoms with Gasteiger partial charge in [0, 0.05) is 38.8 Å². The van der Waals surface area contributed by atoms with Crippen molar-refractivity contribution < 1.29 is 14.7 Å².